The van der Waals surface area contributed by atoms with Crippen molar-refractivity contribution < 1.29 is 18.8 Å². The quantitative estimate of drug-likeness (QED) is 0.113. The van der Waals surface area contributed by atoms with Crippen LogP contribution in [0.4, 0.5) is 0 Å². The lowest BCUT2D eigenvalue weighted by Gasteiger charge is -2.30. The molecule has 0 radical (unpaired) electrons. The molecule has 0 unspecified atom stereocenters. The number of hydrogen-bond donors (Lipinski definition) is 0. The van der Waals surface area contributed by atoms with Gasteiger partial charge in [-0.1, -0.05) is 81.5 Å². The Morgan fingerprint density at radius 1 is 0.788 bits per heavy atom. The standard InChI is InChI=1S/C29H44NO3/c1-4-5-6-7-8-10-15-26-19-21-28(22-20-26)32-25-33-29(31)18-13-14-23-30(2,3)24-27-16-11-9-12-17-27/h9,11-12,16-17,19-22H,4-8,10,13-15,18,23-25H2,1-3H3/q+1. The highest BCUT2D eigenvalue weighted by molar-refractivity contribution is 5.69. The average molecular weight is 455 g/mol. The Hall–Kier alpha value is -2.33. The van der Waals surface area contributed by atoms with Crippen LogP contribution in [0.25, 0.3) is 0 Å². The molecule has 4 heteroatoms. The maximum Gasteiger partial charge on any atom is 0.308 e. The van der Waals surface area contributed by atoms with Crippen molar-refractivity contribution in [2.24, 2.45) is 0 Å². The highest BCUT2D eigenvalue weighted by atomic mass is 16.7. The maximum absolute atomic E-state index is 12.0. The Kier molecular flexibility index (Phi) is 12.6. The number of nitrogens with zero attached hydrogens (tertiary/aromatic N) is 1. The zero-order valence-corrected chi connectivity index (χ0v) is 21.1. The molecular weight excluding hydrogens is 410 g/mol. The molecule has 0 heterocycles. The summed E-state index contributed by atoms with van der Waals surface area (Å²) < 4.78 is 11.7. The summed E-state index contributed by atoms with van der Waals surface area (Å²) in [5, 5.41) is 0. The number of carbonyl (C=O) groups is 1. The fourth-order valence-corrected chi connectivity index (χ4v) is 4.06. The van der Waals surface area contributed by atoms with Crippen molar-refractivity contribution in [3.8, 4) is 5.75 Å². The predicted molar refractivity (Wildman–Crippen MR) is 136 cm³/mol. The molecule has 0 atom stereocenters. The van der Waals surface area contributed by atoms with Gasteiger partial charge < -0.3 is 14.0 Å². The Balaban J connectivity index is 1.53. The van der Waals surface area contributed by atoms with Gasteiger partial charge in [0.2, 0.25) is 6.79 Å². The number of hydrogen-bond acceptors (Lipinski definition) is 3. The van der Waals surface area contributed by atoms with Crippen LogP contribution in [0.3, 0.4) is 0 Å². The van der Waals surface area contributed by atoms with E-state index in [1.165, 1.54) is 49.7 Å². The molecular formula is C29H44NO3+. The Morgan fingerprint density at radius 3 is 2.21 bits per heavy atom. The minimum atomic E-state index is -0.192. The van der Waals surface area contributed by atoms with Gasteiger partial charge >= 0.3 is 5.97 Å². The lowest BCUT2D eigenvalue weighted by atomic mass is 10.1. The zero-order chi connectivity index (χ0) is 23.8. The molecule has 0 fully saturated rings. The Labute approximate surface area is 201 Å². The third kappa shape index (κ3) is 12.5. The van der Waals surface area contributed by atoms with Gasteiger partial charge in [0.1, 0.15) is 12.3 Å². The third-order valence-corrected chi connectivity index (χ3v) is 6.04. The summed E-state index contributed by atoms with van der Waals surface area (Å²) in [6.07, 6.45) is 11.3. The fourth-order valence-electron chi connectivity index (χ4n) is 4.06. The molecule has 33 heavy (non-hydrogen) atoms. The minimum Gasteiger partial charge on any atom is -0.457 e. The molecule has 0 spiro atoms. The molecule has 0 saturated carbocycles. The second-order valence-electron chi connectivity index (χ2n) is 9.70. The molecule has 0 aromatic heterocycles. The summed E-state index contributed by atoms with van der Waals surface area (Å²) in [5.74, 6) is 0.553. The van der Waals surface area contributed by atoms with Crippen molar-refractivity contribution in [2.45, 2.75) is 77.7 Å². The summed E-state index contributed by atoms with van der Waals surface area (Å²) in [7, 11) is 4.47. The van der Waals surface area contributed by atoms with Gasteiger partial charge in [-0.15, -0.1) is 0 Å². The molecule has 0 aliphatic rings. The van der Waals surface area contributed by atoms with Gasteiger partial charge in [0.25, 0.3) is 0 Å². The van der Waals surface area contributed by atoms with Gasteiger partial charge in [0.05, 0.1) is 20.6 Å². The van der Waals surface area contributed by atoms with Crippen LogP contribution < -0.4 is 4.74 Å². The lowest BCUT2D eigenvalue weighted by molar-refractivity contribution is -0.903. The lowest BCUT2D eigenvalue weighted by Crippen LogP contribution is -2.39. The first-order valence-corrected chi connectivity index (χ1v) is 12.7. The van der Waals surface area contributed by atoms with E-state index in [0.717, 1.165) is 42.6 Å². The first-order valence-electron chi connectivity index (χ1n) is 12.7. The average Bonchev–Trinajstić information content (AvgIpc) is 2.80. The van der Waals surface area contributed by atoms with E-state index in [2.05, 4.69) is 57.4 Å². The van der Waals surface area contributed by atoms with E-state index >= 15 is 0 Å². The van der Waals surface area contributed by atoms with Crippen LogP contribution in [-0.4, -0.2) is 37.9 Å². The van der Waals surface area contributed by atoms with Gasteiger partial charge in [0, 0.05) is 12.0 Å². The number of esters is 1. The van der Waals surface area contributed by atoms with E-state index in [9.17, 15) is 4.79 Å². The molecule has 0 N–H and O–H groups in total. The molecule has 0 amide bonds. The van der Waals surface area contributed by atoms with Gasteiger partial charge in [-0.3, -0.25) is 4.79 Å². The first-order chi connectivity index (χ1) is 16.0. The molecule has 182 valence electrons. The van der Waals surface area contributed by atoms with Crippen molar-refractivity contribution in [3.63, 3.8) is 0 Å². The molecule has 2 aromatic rings. The van der Waals surface area contributed by atoms with Crippen LogP contribution in [-0.2, 0) is 22.5 Å². The molecule has 0 aliphatic carbocycles. The highest BCUT2D eigenvalue weighted by Crippen LogP contribution is 2.16. The normalized spacial score (nSPS) is 11.4. The number of quaternary nitrogens is 1. The molecule has 0 aliphatic heterocycles. The SMILES string of the molecule is CCCCCCCCc1ccc(OCOC(=O)CCCC[N+](C)(C)Cc2ccccc2)cc1. The van der Waals surface area contributed by atoms with E-state index in [4.69, 9.17) is 9.47 Å². The summed E-state index contributed by atoms with van der Waals surface area (Å²) in [6, 6.07) is 18.7. The second-order valence-corrected chi connectivity index (χ2v) is 9.70. The molecule has 0 bridgehead atoms. The van der Waals surface area contributed by atoms with Crippen molar-refractivity contribution in [1.29, 1.82) is 0 Å². The van der Waals surface area contributed by atoms with Crippen LogP contribution in [0.5, 0.6) is 5.75 Å². The number of benzene rings is 2. The van der Waals surface area contributed by atoms with Crippen molar-refractivity contribution in [3.05, 3.63) is 65.7 Å². The van der Waals surface area contributed by atoms with E-state index in [1.807, 2.05) is 18.2 Å². The monoisotopic (exact) mass is 454 g/mol. The van der Waals surface area contributed by atoms with Crippen molar-refractivity contribution in [1.82, 2.24) is 0 Å². The van der Waals surface area contributed by atoms with Crippen LogP contribution in [0.15, 0.2) is 54.6 Å². The number of aryl methyl sites for hydroxylation is 1. The number of ether oxygens (including phenoxy) is 2. The topological polar surface area (TPSA) is 35.5 Å². The third-order valence-electron chi connectivity index (χ3n) is 6.04. The van der Waals surface area contributed by atoms with E-state index in [0.29, 0.717) is 6.42 Å². The van der Waals surface area contributed by atoms with Crippen molar-refractivity contribution in [2.75, 3.05) is 27.4 Å². The predicted octanol–water partition coefficient (Wildman–Crippen LogP) is 6.92. The molecule has 4 nitrogen and oxygen atoms in total. The summed E-state index contributed by atoms with van der Waals surface area (Å²) in [4.78, 5) is 12.0. The number of unbranched alkanes of at least 4 members (excludes halogenated alkanes) is 6. The van der Waals surface area contributed by atoms with Crippen molar-refractivity contribution >= 4 is 5.97 Å². The van der Waals surface area contributed by atoms with Crippen LogP contribution in [0.2, 0.25) is 0 Å². The van der Waals surface area contributed by atoms with Gasteiger partial charge in [0.15, 0.2) is 0 Å². The maximum atomic E-state index is 12.0. The fraction of sp³-hybridized carbons (Fsp3) is 0.552. The largest absolute Gasteiger partial charge is 0.457 e. The molecule has 2 aromatic carbocycles. The minimum absolute atomic E-state index is 0.0226. The van der Waals surface area contributed by atoms with E-state index in [1.54, 1.807) is 0 Å². The van der Waals surface area contributed by atoms with E-state index in [-0.39, 0.29) is 12.8 Å². The van der Waals surface area contributed by atoms with Gasteiger partial charge in [-0.05, 0) is 43.4 Å². The Morgan fingerprint density at radius 2 is 1.48 bits per heavy atom. The highest BCUT2D eigenvalue weighted by Gasteiger charge is 2.15. The van der Waals surface area contributed by atoms with Gasteiger partial charge in [-0.25, -0.2) is 0 Å². The Bertz CT molecular complexity index is 771. The van der Waals surface area contributed by atoms with Gasteiger partial charge in [-0.2, -0.15) is 0 Å². The summed E-state index contributed by atoms with van der Waals surface area (Å²) in [6.45, 7) is 4.26. The second kappa shape index (κ2) is 15.5. The zero-order valence-electron chi connectivity index (χ0n) is 21.1. The number of rotatable bonds is 17. The first kappa shape index (κ1) is 26.9. The molecule has 2 rings (SSSR count). The summed E-state index contributed by atoms with van der Waals surface area (Å²) >= 11 is 0. The van der Waals surface area contributed by atoms with E-state index < -0.39 is 0 Å². The van der Waals surface area contributed by atoms with Crippen LogP contribution in [0.1, 0.15) is 75.8 Å². The molecule has 0 saturated heterocycles. The van der Waals surface area contributed by atoms with Crippen LogP contribution in [0, 0.1) is 0 Å². The summed E-state index contributed by atoms with van der Waals surface area (Å²) in [5.41, 5.74) is 2.68. The smallest absolute Gasteiger partial charge is 0.308 e. The van der Waals surface area contributed by atoms with Crippen LogP contribution >= 0.6 is 0 Å². The number of carbonyl (C=O) groups excluding carboxylic acids is 1.